The smallest absolute Gasteiger partial charge is 0.187 e. The third-order valence-electron chi connectivity index (χ3n) is 5.79. The molecule has 0 aromatic rings. The van der Waals surface area contributed by atoms with Crippen molar-refractivity contribution in [2.24, 2.45) is 5.73 Å². The lowest BCUT2D eigenvalue weighted by Crippen LogP contribution is -2.65. The second-order valence-corrected chi connectivity index (χ2v) is 8.15. The fourth-order valence-electron chi connectivity index (χ4n) is 3.68. The van der Waals surface area contributed by atoms with E-state index in [0.717, 1.165) is 0 Å². The minimum Gasteiger partial charge on any atom is -0.394 e. The van der Waals surface area contributed by atoms with Crippen LogP contribution in [0.2, 0.25) is 0 Å². The summed E-state index contributed by atoms with van der Waals surface area (Å²) in [6.07, 6.45) is -23.9. The number of hydrogen-bond donors (Lipinski definition) is 12. The van der Waals surface area contributed by atoms with E-state index in [-0.39, 0.29) is 0 Å². The highest BCUT2D eigenvalue weighted by Crippen LogP contribution is 2.30. The van der Waals surface area contributed by atoms with Crippen LogP contribution in [0.1, 0.15) is 0 Å². The monoisotopic (exact) mass is 505 g/mol. The van der Waals surface area contributed by atoms with E-state index in [9.17, 15) is 51.1 Å². The maximum atomic E-state index is 10.6. The van der Waals surface area contributed by atoms with Gasteiger partial charge in [-0.1, -0.05) is 0 Å². The predicted octanol–water partition coefficient (Wildman–Crippen LogP) is -7.97. The van der Waals surface area contributed by atoms with Crippen molar-refractivity contribution in [3.63, 3.8) is 0 Å². The summed E-state index contributed by atoms with van der Waals surface area (Å²) < 4.78 is 21.3. The molecular formula is C18H35NO15. The number of hydrogen-bond acceptors (Lipinski definition) is 16. The molecule has 2 saturated heterocycles. The normalized spacial score (nSPS) is 42.7. The molecule has 2 fully saturated rings. The van der Waals surface area contributed by atoms with Crippen molar-refractivity contribution in [1.82, 2.24) is 0 Å². The topological polar surface area (TPSA) is 285 Å². The molecule has 13 N–H and O–H groups in total. The molecule has 16 heteroatoms. The zero-order valence-corrected chi connectivity index (χ0v) is 18.0. The Labute approximate surface area is 193 Å². The molecule has 0 aromatic carbocycles. The summed E-state index contributed by atoms with van der Waals surface area (Å²) >= 11 is 0. The summed E-state index contributed by atoms with van der Waals surface area (Å²) in [5.41, 5.74) is 5.36. The Morgan fingerprint density at radius 3 is 1.79 bits per heavy atom. The highest BCUT2D eigenvalue weighted by molar-refractivity contribution is 4.95. The molecule has 2 rings (SSSR count). The maximum Gasteiger partial charge on any atom is 0.187 e. The number of rotatable bonds is 11. The first-order chi connectivity index (χ1) is 16.0. The fraction of sp³-hybridized carbons (Fsp3) is 1.00. The second kappa shape index (κ2) is 13.1. The van der Waals surface area contributed by atoms with Crippen LogP contribution in [-0.4, -0.2) is 168 Å². The molecule has 14 atom stereocenters. The first kappa shape index (κ1) is 29.6. The summed E-state index contributed by atoms with van der Waals surface area (Å²) in [5, 5.41) is 109. The van der Waals surface area contributed by atoms with Crippen LogP contribution in [0.3, 0.4) is 0 Å². The van der Waals surface area contributed by atoms with E-state index in [2.05, 4.69) is 0 Å². The van der Waals surface area contributed by atoms with Crippen molar-refractivity contribution in [3.8, 4) is 0 Å². The van der Waals surface area contributed by atoms with Crippen LogP contribution in [0.25, 0.3) is 0 Å². The molecule has 0 radical (unpaired) electrons. The van der Waals surface area contributed by atoms with Gasteiger partial charge in [0, 0.05) is 6.54 Å². The number of ether oxygens (including phenoxy) is 4. The molecule has 2 aliphatic rings. The zero-order valence-electron chi connectivity index (χ0n) is 18.0. The van der Waals surface area contributed by atoms with Crippen LogP contribution < -0.4 is 5.73 Å². The third-order valence-corrected chi connectivity index (χ3v) is 5.79. The Bertz CT molecular complexity index is 600. The van der Waals surface area contributed by atoms with E-state index in [1.165, 1.54) is 0 Å². The van der Waals surface area contributed by atoms with Gasteiger partial charge >= 0.3 is 0 Å². The lowest BCUT2D eigenvalue weighted by atomic mass is 9.96. The lowest BCUT2D eigenvalue weighted by molar-refractivity contribution is -0.367. The minimum atomic E-state index is -1.94. The third kappa shape index (κ3) is 6.37. The van der Waals surface area contributed by atoms with Crippen molar-refractivity contribution >= 4 is 0 Å². The SMILES string of the molecule is NC[C@H](O)[C@@H](O[C@H]1O[C@H](CO)[C@@H](O[C@H]2O[C@H](CO)[C@@H](O)[C@H](O)[C@H]2O)[C@H](O)[C@H]1O)[C@H](O)[C@@H](O)CO. The minimum absolute atomic E-state index is 0.461. The standard InChI is InChI=1S/C18H35NO15/c19-1-5(23)15(9(25)6(24)2-20)33-18-14(30)12(28)16(8(4-22)32-18)34-17-13(29)11(27)10(26)7(3-21)31-17/h5-18,20-30H,1-4,19H2/t5-,6-,7+,8+,9+,10+,11-,12+,13+,14+,15+,16+,17+,18+/m0/s1. The Morgan fingerprint density at radius 2 is 1.26 bits per heavy atom. The van der Waals surface area contributed by atoms with E-state index in [1.807, 2.05) is 0 Å². The summed E-state index contributed by atoms with van der Waals surface area (Å²) in [7, 11) is 0. The Hall–Kier alpha value is -0.640. The van der Waals surface area contributed by atoms with Crippen LogP contribution in [0.15, 0.2) is 0 Å². The highest BCUT2D eigenvalue weighted by Gasteiger charge is 2.51. The summed E-state index contributed by atoms with van der Waals surface area (Å²) in [6.45, 7) is -2.94. The largest absolute Gasteiger partial charge is 0.394 e. The molecule has 2 aliphatic heterocycles. The van der Waals surface area contributed by atoms with Gasteiger partial charge in [-0.05, 0) is 0 Å². The van der Waals surface area contributed by atoms with Gasteiger partial charge in [-0.2, -0.15) is 0 Å². The van der Waals surface area contributed by atoms with Crippen molar-refractivity contribution in [3.05, 3.63) is 0 Å². The Morgan fingerprint density at radius 1 is 0.706 bits per heavy atom. The van der Waals surface area contributed by atoms with Crippen LogP contribution in [0, 0.1) is 0 Å². The van der Waals surface area contributed by atoms with Gasteiger partial charge < -0.3 is 80.9 Å². The van der Waals surface area contributed by atoms with E-state index < -0.39 is 112 Å². The fourth-order valence-corrected chi connectivity index (χ4v) is 3.68. The number of aliphatic hydroxyl groups is 11. The molecule has 0 spiro atoms. The van der Waals surface area contributed by atoms with Gasteiger partial charge in [0.15, 0.2) is 12.6 Å². The average molecular weight is 505 g/mol. The Balaban J connectivity index is 2.17. The quantitative estimate of drug-likeness (QED) is 0.124. The summed E-state index contributed by atoms with van der Waals surface area (Å²) in [6, 6.07) is 0. The molecule has 0 unspecified atom stereocenters. The van der Waals surface area contributed by atoms with Gasteiger partial charge in [-0.25, -0.2) is 0 Å². The van der Waals surface area contributed by atoms with Gasteiger partial charge in [-0.15, -0.1) is 0 Å². The summed E-state index contributed by atoms with van der Waals surface area (Å²) in [5.74, 6) is 0. The summed E-state index contributed by atoms with van der Waals surface area (Å²) in [4.78, 5) is 0. The van der Waals surface area contributed by atoms with Gasteiger partial charge in [0.05, 0.1) is 25.9 Å². The maximum absolute atomic E-state index is 10.6. The lowest BCUT2D eigenvalue weighted by Gasteiger charge is -2.46. The molecule has 2 heterocycles. The van der Waals surface area contributed by atoms with Crippen molar-refractivity contribution in [2.45, 2.75) is 85.8 Å². The van der Waals surface area contributed by atoms with E-state index in [0.29, 0.717) is 0 Å². The molecule has 0 aromatic heterocycles. The number of aliphatic hydroxyl groups excluding tert-OH is 11. The first-order valence-electron chi connectivity index (χ1n) is 10.6. The average Bonchev–Trinajstić information content (AvgIpc) is 2.84. The van der Waals surface area contributed by atoms with Crippen molar-refractivity contribution in [2.75, 3.05) is 26.4 Å². The first-order valence-corrected chi connectivity index (χ1v) is 10.6. The second-order valence-electron chi connectivity index (χ2n) is 8.15. The van der Waals surface area contributed by atoms with E-state index in [4.69, 9.17) is 29.8 Å². The Kier molecular flexibility index (Phi) is 11.4. The zero-order chi connectivity index (χ0) is 25.7. The van der Waals surface area contributed by atoms with Gasteiger partial charge in [0.2, 0.25) is 0 Å². The van der Waals surface area contributed by atoms with Crippen molar-refractivity contribution in [1.29, 1.82) is 0 Å². The molecular weight excluding hydrogens is 470 g/mol. The van der Waals surface area contributed by atoms with E-state index in [1.54, 1.807) is 0 Å². The number of nitrogens with two attached hydrogens (primary N) is 1. The van der Waals surface area contributed by atoms with Gasteiger partial charge in [0.1, 0.15) is 67.1 Å². The van der Waals surface area contributed by atoms with E-state index >= 15 is 0 Å². The molecule has 0 bridgehead atoms. The predicted molar refractivity (Wildman–Crippen MR) is 105 cm³/mol. The molecule has 0 amide bonds. The van der Waals surface area contributed by atoms with Gasteiger partial charge in [-0.3, -0.25) is 0 Å². The van der Waals surface area contributed by atoms with Gasteiger partial charge in [0.25, 0.3) is 0 Å². The molecule has 202 valence electrons. The van der Waals surface area contributed by atoms with Crippen LogP contribution in [0.5, 0.6) is 0 Å². The van der Waals surface area contributed by atoms with Crippen LogP contribution in [0.4, 0.5) is 0 Å². The highest BCUT2D eigenvalue weighted by atomic mass is 16.7. The molecule has 16 nitrogen and oxygen atoms in total. The molecule has 34 heavy (non-hydrogen) atoms. The van der Waals surface area contributed by atoms with Crippen LogP contribution in [-0.2, 0) is 18.9 Å². The van der Waals surface area contributed by atoms with Crippen LogP contribution >= 0.6 is 0 Å². The molecule has 0 saturated carbocycles. The molecule has 0 aliphatic carbocycles. The van der Waals surface area contributed by atoms with Crippen molar-refractivity contribution < 1.29 is 75.1 Å².